The van der Waals surface area contributed by atoms with Crippen molar-refractivity contribution in [1.29, 1.82) is 0 Å². The van der Waals surface area contributed by atoms with E-state index in [1.165, 1.54) is 6.07 Å². The number of benzene rings is 1. The predicted octanol–water partition coefficient (Wildman–Crippen LogP) is 3.03. The van der Waals surface area contributed by atoms with Gasteiger partial charge in [0.1, 0.15) is 5.82 Å². The van der Waals surface area contributed by atoms with Gasteiger partial charge in [-0.2, -0.15) is 0 Å². The zero-order valence-corrected chi connectivity index (χ0v) is 11.6. The average molecular weight is 329 g/mol. The number of nitrogens with zero attached hydrogens (tertiary/aromatic N) is 2. The fourth-order valence-electron chi connectivity index (χ4n) is 1.57. The summed E-state index contributed by atoms with van der Waals surface area (Å²) in [5.74, 6) is 4.12. The number of hydrazine groups is 1. The highest BCUT2D eigenvalue weighted by Crippen LogP contribution is 2.30. The van der Waals surface area contributed by atoms with Gasteiger partial charge in [-0.15, -0.1) is 0 Å². The van der Waals surface area contributed by atoms with E-state index in [9.17, 15) is 8.78 Å². The Hall–Kier alpha value is -1.60. The molecule has 0 atom stereocenters. The molecule has 1 aromatic carbocycles. The first-order valence-corrected chi connectivity index (χ1v) is 6.34. The summed E-state index contributed by atoms with van der Waals surface area (Å²) in [6, 6.07) is 4.14. The highest BCUT2D eigenvalue weighted by molar-refractivity contribution is 9.10. The van der Waals surface area contributed by atoms with Gasteiger partial charge in [0, 0.05) is 17.3 Å². The highest BCUT2D eigenvalue weighted by atomic mass is 79.9. The smallest absolute Gasteiger partial charge is 0.173 e. The van der Waals surface area contributed by atoms with Gasteiger partial charge >= 0.3 is 0 Å². The lowest BCUT2D eigenvalue weighted by Crippen LogP contribution is -2.10. The van der Waals surface area contributed by atoms with Crippen LogP contribution in [0.25, 0.3) is 11.4 Å². The van der Waals surface area contributed by atoms with Gasteiger partial charge in [0.25, 0.3) is 0 Å². The van der Waals surface area contributed by atoms with Crippen LogP contribution in [0.2, 0.25) is 0 Å². The van der Waals surface area contributed by atoms with E-state index in [2.05, 4.69) is 31.3 Å². The molecule has 0 aliphatic rings. The molecule has 100 valence electrons. The molecule has 1 aromatic heterocycles. The van der Waals surface area contributed by atoms with Crippen LogP contribution >= 0.6 is 15.9 Å². The summed E-state index contributed by atoms with van der Waals surface area (Å²) >= 11 is 3.01. The number of hydrogen-bond donors (Lipinski definition) is 2. The van der Waals surface area contributed by atoms with Crippen LogP contribution in [0.4, 0.5) is 14.6 Å². The van der Waals surface area contributed by atoms with Crippen molar-refractivity contribution in [2.24, 2.45) is 5.84 Å². The predicted molar refractivity (Wildman–Crippen MR) is 72.3 cm³/mol. The third kappa shape index (κ3) is 2.71. The van der Waals surface area contributed by atoms with Gasteiger partial charge in [0.05, 0.1) is 4.47 Å². The number of anilines is 1. The summed E-state index contributed by atoms with van der Waals surface area (Å²) in [6.07, 6.45) is 0.672. The van der Waals surface area contributed by atoms with Crippen molar-refractivity contribution < 1.29 is 8.78 Å². The molecule has 2 aromatic rings. The summed E-state index contributed by atoms with van der Waals surface area (Å²) in [5.41, 5.74) is 3.53. The molecule has 0 aliphatic heterocycles. The Labute approximate surface area is 117 Å². The normalized spacial score (nSPS) is 10.6. The van der Waals surface area contributed by atoms with Crippen LogP contribution in [-0.4, -0.2) is 9.97 Å². The first-order valence-electron chi connectivity index (χ1n) is 5.55. The molecule has 2 rings (SSSR count). The van der Waals surface area contributed by atoms with E-state index in [4.69, 9.17) is 5.84 Å². The van der Waals surface area contributed by atoms with E-state index in [0.29, 0.717) is 17.8 Å². The van der Waals surface area contributed by atoms with Crippen LogP contribution in [-0.2, 0) is 6.42 Å². The molecule has 0 aliphatic carbocycles. The van der Waals surface area contributed by atoms with Gasteiger partial charge < -0.3 is 5.43 Å². The van der Waals surface area contributed by atoms with Crippen molar-refractivity contribution >= 4 is 21.7 Å². The molecule has 3 N–H and O–H groups in total. The molecule has 19 heavy (non-hydrogen) atoms. The zero-order valence-electron chi connectivity index (χ0n) is 10.0. The quantitative estimate of drug-likeness (QED) is 0.516. The van der Waals surface area contributed by atoms with Gasteiger partial charge in [-0.3, -0.25) is 0 Å². The number of aryl methyl sites for hydroxylation is 1. The SMILES string of the molecule is CCc1cc(NN)nc(-c2ccc(F)c(F)c2Br)n1. The number of halogens is 3. The van der Waals surface area contributed by atoms with Crippen LogP contribution < -0.4 is 11.3 Å². The lowest BCUT2D eigenvalue weighted by atomic mass is 10.2. The lowest BCUT2D eigenvalue weighted by molar-refractivity contribution is 0.504. The van der Waals surface area contributed by atoms with Crippen molar-refractivity contribution in [2.75, 3.05) is 5.43 Å². The van der Waals surface area contributed by atoms with Crippen molar-refractivity contribution in [3.8, 4) is 11.4 Å². The number of rotatable bonds is 3. The Morgan fingerprint density at radius 2 is 2.05 bits per heavy atom. The first kappa shape index (κ1) is 13.8. The summed E-state index contributed by atoms with van der Waals surface area (Å²) in [5, 5.41) is 0. The fourth-order valence-corrected chi connectivity index (χ4v) is 2.07. The number of nitrogens with one attached hydrogen (secondary N) is 1. The molecular formula is C12H11BrF2N4. The van der Waals surface area contributed by atoms with Gasteiger partial charge in [-0.1, -0.05) is 6.92 Å². The second kappa shape index (κ2) is 5.58. The minimum atomic E-state index is -0.967. The van der Waals surface area contributed by atoms with Crippen LogP contribution in [0.15, 0.2) is 22.7 Å². The van der Waals surface area contributed by atoms with Gasteiger partial charge in [0.2, 0.25) is 0 Å². The Morgan fingerprint density at radius 1 is 1.32 bits per heavy atom. The van der Waals surface area contributed by atoms with Crippen LogP contribution in [0, 0.1) is 11.6 Å². The second-order valence-electron chi connectivity index (χ2n) is 3.79. The molecule has 1 heterocycles. The monoisotopic (exact) mass is 328 g/mol. The van der Waals surface area contributed by atoms with E-state index in [1.807, 2.05) is 6.92 Å². The summed E-state index contributed by atoms with van der Waals surface area (Å²) in [7, 11) is 0. The maximum Gasteiger partial charge on any atom is 0.173 e. The van der Waals surface area contributed by atoms with E-state index >= 15 is 0 Å². The molecule has 4 nitrogen and oxygen atoms in total. The van der Waals surface area contributed by atoms with Crippen molar-refractivity contribution in [3.63, 3.8) is 0 Å². The summed E-state index contributed by atoms with van der Waals surface area (Å²) < 4.78 is 26.6. The van der Waals surface area contributed by atoms with Crippen molar-refractivity contribution in [2.45, 2.75) is 13.3 Å². The molecule has 0 bridgehead atoms. The Bertz CT molecular complexity index is 597. The maximum atomic E-state index is 13.5. The molecule has 7 heteroatoms. The second-order valence-corrected chi connectivity index (χ2v) is 4.58. The third-order valence-corrected chi connectivity index (χ3v) is 3.34. The summed E-state index contributed by atoms with van der Waals surface area (Å²) in [6.45, 7) is 1.92. The summed E-state index contributed by atoms with van der Waals surface area (Å²) in [4.78, 5) is 8.41. The van der Waals surface area contributed by atoms with Crippen molar-refractivity contribution in [1.82, 2.24) is 9.97 Å². The standard InChI is InChI=1S/C12H11BrF2N4/c1-2-6-5-9(19-16)18-12(17-6)7-3-4-8(14)11(15)10(7)13/h3-5H,2,16H2,1H3,(H,17,18,19). The third-order valence-electron chi connectivity index (χ3n) is 2.57. The van der Waals surface area contributed by atoms with Gasteiger partial charge in [-0.25, -0.2) is 24.6 Å². The molecule has 0 radical (unpaired) electrons. The zero-order chi connectivity index (χ0) is 14.0. The van der Waals surface area contributed by atoms with Crippen molar-refractivity contribution in [3.05, 3.63) is 40.0 Å². The molecule has 0 spiro atoms. The minimum Gasteiger partial charge on any atom is -0.308 e. The van der Waals surface area contributed by atoms with E-state index in [-0.39, 0.29) is 10.3 Å². The largest absolute Gasteiger partial charge is 0.308 e. The average Bonchev–Trinajstić information content (AvgIpc) is 2.44. The number of nitrogens with two attached hydrogens (primary N) is 1. The van der Waals surface area contributed by atoms with Gasteiger partial charge in [0.15, 0.2) is 17.5 Å². The van der Waals surface area contributed by atoms with E-state index in [1.54, 1.807) is 6.07 Å². The topological polar surface area (TPSA) is 63.8 Å². The van der Waals surface area contributed by atoms with Crippen LogP contribution in [0.1, 0.15) is 12.6 Å². The van der Waals surface area contributed by atoms with E-state index < -0.39 is 11.6 Å². The number of nitrogen functional groups attached to an aromatic ring is 1. The van der Waals surface area contributed by atoms with Crippen LogP contribution in [0.5, 0.6) is 0 Å². The minimum absolute atomic E-state index is 0.0104. The first-order chi connectivity index (χ1) is 9.06. The molecule has 0 fully saturated rings. The Kier molecular flexibility index (Phi) is 4.06. The lowest BCUT2D eigenvalue weighted by Gasteiger charge is -2.08. The maximum absolute atomic E-state index is 13.5. The van der Waals surface area contributed by atoms with E-state index in [0.717, 1.165) is 11.8 Å². The number of aromatic nitrogens is 2. The molecule has 0 amide bonds. The Balaban J connectivity index is 2.61. The van der Waals surface area contributed by atoms with Gasteiger partial charge in [-0.05, 0) is 34.5 Å². The highest BCUT2D eigenvalue weighted by Gasteiger charge is 2.15. The molecule has 0 saturated heterocycles. The van der Waals surface area contributed by atoms with Crippen LogP contribution in [0.3, 0.4) is 0 Å². The molecule has 0 saturated carbocycles. The Morgan fingerprint density at radius 3 is 2.68 bits per heavy atom. The number of hydrogen-bond acceptors (Lipinski definition) is 4. The molecular weight excluding hydrogens is 318 g/mol. The fraction of sp³-hybridized carbons (Fsp3) is 0.167. The molecule has 0 unspecified atom stereocenters.